The minimum atomic E-state index is -3.43. The van der Waals surface area contributed by atoms with E-state index in [-0.39, 0.29) is 4.90 Å². The van der Waals surface area contributed by atoms with Gasteiger partial charge in [-0.15, -0.1) is 11.3 Å². The van der Waals surface area contributed by atoms with Crippen LogP contribution in [0.2, 0.25) is 0 Å². The summed E-state index contributed by atoms with van der Waals surface area (Å²) in [5, 5.41) is 2.56. The summed E-state index contributed by atoms with van der Waals surface area (Å²) in [5.41, 5.74) is 2.58. The van der Waals surface area contributed by atoms with E-state index in [0.717, 1.165) is 16.4 Å². The number of anilines is 1. The third-order valence-electron chi connectivity index (χ3n) is 5.27. The van der Waals surface area contributed by atoms with Gasteiger partial charge in [-0.2, -0.15) is 0 Å². The Labute approximate surface area is 181 Å². The molecule has 1 fully saturated rings. The number of rotatable bonds is 5. The fourth-order valence-corrected chi connectivity index (χ4v) is 6.33. The first-order valence-electron chi connectivity index (χ1n) is 9.91. The van der Waals surface area contributed by atoms with Crippen molar-refractivity contribution < 1.29 is 8.42 Å². The number of benzene rings is 1. The van der Waals surface area contributed by atoms with Crippen LogP contribution in [-0.4, -0.2) is 41.7 Å². The Bertz CT molecular complexity index is 1150. The van der Waals surface area contributed by atoms with E-state index in [2.05, 4.69) is 27.0 Å². The highest BCUT2D eigenvalue weighted by Gasteiger charge is 2.33. The molecule has 4 rings (SSSR count). The molecule has 0 amide bonds. The smallest absolute Gasteiger partial charge is 0.185 e. The van der Waals surface area contributed by atoms with Gasteiger partial charge < -0.3 is 4.90 Å². The van der Waals surface area contributed by atoms with E-state index in [0.29, 0.717) is 37.4 Å². The molecule has 8 heteroatoms. The van der Waals surface area contributed by atoms with Crippen molar-refractivity contribution in [1.29, 1.82) is 0 Å². The lowest BCUT2D eigenvalue weighted by Gasteiger charge is -2.31. The summed E-state index contributed by atoms with van der Waals surface area (Å²) in [6, 6.07) is 10.1. The standard InChI is InChI=1S/C22H24N4O2S2/c1-16-21(14-23-17(2)24-16)30(27,28)20-10-12-26(13-11-20)22-25-19(15-29-22)9-8-18-6-4-3-5-7-18/h3-9,14-15,20H,10-13H2,1-2H3. The van der Waals surface area contributed by atoms with Gasteiger partial charge in [-0.1, -0.05) is 36.4 Å². The Kier molecular flexibility index (Phi) is 5.97. The predicted octanol–water partition coefficient (Wildman–Crippen LogP) is 4.16. The van der Waals surface area contributed by atoms with Crippen molar-refractivity contribution in [3.8, 4) is 0 Å². The first-order chi connectivity index (χ1) is 14.4. The van der Waals surface area contributed by atoms with Crippen molar-refractivity contribution in [2.75, 3.05) is 18.0 Å². The van der Waals surface area contributed by atoms with Crippen molar-refractivity contribution in [3.63, 3.8) is 0 Å². The van der Waals surface area contributed by atoms with Crippen molar-refractivity contribution in [3.05, 3.63) is 64.7 Å². The molecule has 1 aromatic carbocycles. The molecule has 0 radical (unpaired) electrons. The summed E-state index contributed by atoms with van der Waals surface area (Å²) >= 11 is 1.59. The van der Waals surface area contributed by atoms with E-state index >= 15 is 0 Å². The molecule has 3 aromatic rings. The van der Waals surface area contributed by atoms with E-state index in [1.165, 1.54) is 6.20 Å². The van der Waals surface area contributed by atoms with E-state index in [1.807, 2.05) is 35.7 Å². The number of sulfone groups is 1. The molecule has 1 saturated heterocycles. The molecule has 1 aliphatic rings. The molecular formula is C22H24N4O2S2. The van der Waals surface area contributed by atoms with Gasteiger partial charge in [0.25, 0.3) is 0 Å². The minimum absolute atomic E-state index is 0.258. The number of aryl methyl sites for hydroxylation is 2. The zero-order valence-corrected chi connectivity index (χ0v) is 18.7. The molecule has 2 aromatic heterocycles. The molecule has 3 heterocycles. The number of piperidine rings is 1. The largest absolute Gasteiger partial charge is 0.348 e. The van der Waals surface area contributed by atoms with Crippen molar-refractivity contribution in [2.24, 2.45) is 0 Å². The molecule has 6 nitrogen and oxygen atoms in total. The Morgan fingerprint density at radius 1 is 1.07 bits per heavy atom. The molecule has 0 spiro atoms. The maximum absolute atomic E-state index is 13.1. The molecule has 0 saturated carbocycles. The zero-order chi connectivity index (χ0) is 21.1. The molecule has 1 aliphatic heterocycles. The maximum atomic E-state index is 13.1. The van der Waals surface area contributed by atoms with Gasteiger partial charge in [0.15, 0.2) is 15.0 Å². The highest BCUT2D eigenvalue weighted by molar-refractivity contribution is 7.92. The van der Waals surface area contributed by atoms with E-state index < -0.39 is 15.1 Å². The molecule has 0 atom stereocenters. The lowest BCUT2D eigenvalue weighted by atomic mass is 10.1. The fourth-order valence-electron chi connectivity index (χ4n) is 3.63. The van der Waals surface area contributed by atoms with Crippen LogP contribution in [0.15, 0.2) is 46.8 Å². The van der Waals surface area contributed by atoms with Gasteiger partial charge in [0.05, 0.1) is 16.6 Å². The third kappa shape index (κ3) is 4.44. The first-order valence-corrected chi connectivity index (χ1v) is 12.3. The molecule has 0 bridgehead atoms. The minimum Gasteiger partial charge on any atom is -0.348 e. The number of aromatic nitrogens is 3. The van der Waals surface area contributed by atoms with Crippen LogP contribution in [0.4, 0.5) is 5.13 Å². The first kappa shape index (κ1) is 20.7. The molecule has 0 unspecified atom stereocenters. The Hall–Kier alpha value is -2.58. The summed E-state index contributed by atoms with van der Waals surface area (Å²) in [6.45, 7) is 4.84. The zero-order valence-electron chi connectivity index (χ0n) is 17.0. The highest BCUT2D eigenvalue weighted by Crippen LogP contribution is 2.30. The molecule has 30 heavy (non-hydrogen) atoms. The normalized spacial score (nSPS) is 15.7. The summed E-state index contributed by atoms with van der Waals surface area (Å²) in [6.07, 6.45) is 6.65. The van der Waals surface area contributed by atoms with Crippen molar-refractivity contribution in [2.45, 2.75) is 36.8 Å². The van der Waals surface area contributed by atoms with Crippen LogP contribution in [0.5, 0.6) is 0 Å². The third-order valence-corrected chi connectivity index (χ3v) is 8.55. The van der Waals surface area contributed by atoms with Crippen LogP contribution in [0.1, 0.15) is 35.6 Å². The van der Waals surface area contributed by atoms with Gasteiger partial charge in [-0.25, -0.2) is 23.4 Å². The Balaban J connectivity index is 1.41. The van der Waals surface area contributed by atoms with Crippen LogP contribution < -0.4 is 4.90 Å². The van der Waals surface area contributed by atoms with E-state index in [4.69, 9.17) is 4.98 Å². The van der Waals surface area contributed by atoms with Gasteiger partial charge in [-0.05, 0) is 38.3 Å². The summed E-state index contributed by atoms with van der Waals surface area (Å²) in [7, 11) is -3.43. The van der Waals surface area contributed by atoms with Crippen LogP contribution >= 0.6 is 11.3 Å². The topological polar surface area (TPSA) is 76.1 Å². The Morgan fingerprint density at radius 3 is 2.50 bits per heavy atom. The van der Waals surface area contributed by atoms with E-state index in [9.17, 15) is 8.42 Å². The summed E-state index contributed by atoms with van der Waals surface area (Å²) in [5.74, 6) is 0.585. The maximum Gasteiger partial charge on any atom is 0.185 e. The van der Waals surface area contributed by atoms with E-state index in [1.54, 1.807) is 25.2 Å². The fraction of sp³-hybridized carbons (Fsp3) is 0.318. The van der Waals surface area contributed by atoms with Crippen LogP contribution in [0.25, 0.3) is 12.2 Å². The average molecular weight is 441 g/mol. The second-order valence-electron chi connectivity index (χ2n) is 7.40. The van der Waals surface area contributed by atoms with Crippen LogP contribution in [0, 0.1) is 13.8 Å². The molecule has 156 valence electrons. The van der Waals surface area contributed by atoms with Crippen molar-refractivity contribution >= 4 is 38.5 Å². The lowest BCUT2D eigenvalue weighted by Crippen LogP contribution is -2.39. The van der Waals surface area contributed by atoms with Gasteiger partial charge in [0, 0.05) is 24.7 Å². The van der Waals surface area contributed by atoms with Crippen LogP contribution in [-0.2, 0) is 9.84 Å². The SMILES string of the molecule is Cc1ncc(S(=O)(=O)C2CCN(c3nc(C=Cc4ccccc4)cs3)CC2)c(C)n1. The van der Waals surface area contributed by atoms with Gasteiger partial charge in [-0.3, -0.25) is 0 Å². The van der Waals surface area contributed by atoms with Gasteiger partial charge in [0.1, 0.15) is 10.7 Å². The average Bonchev–Trinajstić information content (AvgIpc) is 3.22. The quantitative estimate of drug-likeness (QED) is 0.593. The highest BCUT2D eigenvalue weighted by atomic mass is 32.2. The molecule has 0 N–H and O–H groups in total. The van der Waals surface area contributed by atoms with Crippen molar-refractivity contribution in [1.82, 2.24) is 15.0 Å². The molecular weight excluding hydrogens is 416 g/mol. The van der Waals surface area contributed by atoms with Crippen LogP contribution in [0.3, 0.4) is 0 Å². The van der Waals surface area contributed by atoms with Gasteiger partial charge >= 0.3 is 0 Å². The monoisotopic (exact) mass is 440 g/mol. The number of hydrogen-bond donors (Lipinski definition) is 0. The van der Waals surface area contributed by atoms with Gasteiger partial charge in [0.2, 0.25) is 0 Å². The predicted molar refractivity (Wildman–Crippen MR) is 121 cm³/mol. The molecule has 0 aliphatic carbocycles. The number of thiazole rings is 1. The number of hydrogen-bond acceptors (Lipinski definition) is 7. The number of nitrogens with zero attached hydrogens (tertiary/aromatic N) is 4. The second-order valence-corrected chi connectivity index (χ2v) is 10.4. The lowest BCUT2D eigenvalue weighted by molar-refractivity contribution is 0.528. The second kappa shape index (κ2) is 8.65. The summed E-state index contributed by atoms with van der Waals surface area (Å²) < 4.78 is 26.1. The Morgan fingerprint density at radius 2 is 1.80 bits per heavy atom. The summed E-state index contributed by atoms with van der Waals surface area (Å²) in [4.78, 5) is 15.5.